The molecule has 0 spiro atoms. The van der Waals surface area contributed by atoms with Crippen LogP contribution in [0.25, 0.3) is 0 Å². The van der Waals surface area contributed by atoms with Crippen molar-refractivity contribution < 1.29 is 4.79 Å². The molecule has 3 heteroatoms. The van der Waals surface area contributed by atoms with Crippen LogP contribution in [-0.2, 0) is 4.79 Å². The Morgan fingerprint density at radius 3 is 2.90 bits per heavy atom. The average Bonchev–Trinajstić information content (AvgIpc) is 1.97. The SMILES string of the molecule is C#CCNC(=O)CCNC. The minimum absolute atomic E-state index is 0.00713. The molecule has 0 unspecified atom stereocenters. The normalized spacial score (nSPS) is 8.40. The van der Waals surface area contributed by atoms with Gasteiger partial charge in [-0.25, -0.2) is 0 Å². The fourth-order valence-electron chi connectivity index (χ4n) is 0.477. The molecule has 0 aromatic carbocycles. The maximum absolute atomic E-state index is 10.7. The monoisotopic (exact) mass is 140 g/mol. The second kappa shape index (κ2) is 6.12. The third kappa shape index (κ3) is 5.13. The molecule has 0 aromatic rings. The summed E-state index contributed by atoms with van der Waals surface area (Å²) in [5, 5.41) is 5.41. The van der Waals surface area contributed by atoms with Crippen molar-refractivity contribution in [2.45, 2.75) is 6.42 Å². The number of carbonyl (C=O) groups excluding carboxylic acids is 1. The minimum Gasteiger partial charge on any atom is -0.345 e. The van der Waals surface area contributed by atoms with E-state index in [2.05, 4.69) is 16.6 Å². The number of amides is 1. The van der Waals surface area contributed by atoms with Gasteiger partial charge in [-0.3, -0.25) is 4.79 Å². The van der Waals surface area contributed by atoms with E-state index in [9.17, 15) is 4.79 Å². The lowest BCUT2D eigenvalue weighted by atomic mass is 10.4. The lowest BCUT2D eigenvalue weighted by Gasteiger charge is -1.98. The van der Waals surface area contributed by atoms with Crippen LogP contribution >= 0.6 is 0 Å². The van der Waals surface area contributed by atoms with Gasteiger partial charge in [0, 0.05) is 13.0 Å². The summed E-state index contributed by atoms with van der Waals surface area (Å²) in [5.41, 5.74) is 0. The Balaban J connectivity index is 3.19. The fourth-order valence-corrected chi connectivity index (χ4v) is 0.477. The second-order valence-corrected chi connectivity index (χ2v) is 1.83. The topological polar surface area (TPSA) is 41.1 Å². The third-order valence-corrected chi connectivity index (χ3v) is 0.990. The summed E-state index contributed by atoms with van der Waals surface area (Å²) >= 11 is 0. The van der Waals surface area contributed by atoms with Crippen LogP contribution in [-0.4, -0.2) is 26.0 Å². The molecule has 0 aliphatic carbocycles. The first-order valence-electron chi connectivity index (χ1n) is 3.16. The van der Waals surface area contributed by atoms with Gasteiger partial charge in [0.15, 0.2) is 0 Å². The zero-order valence-corrected chi connectivity index (χ0v) is 6.11. The number of carbonyl (C=O) groups is 1. The standard InChI is InChI=1S/C7H12N2O/c1-3-5-9-7(10)4-6-8-2/h1,8H,4-6H2,2H3,(H,9,10). The number of rotatable bonds is 4. The highest BCUT2D eigenvalue weighted by molar-refractivity contribution is 5.76. The van der Waals surface area contributed by atoms with Crippen molar-refractivity contribution in [2.24, 2.45) is 0 Å². The molecule has 0 rings (SSSR count). The first kappa shape index (κ1) is 8.99. The van der Waals surface area contributed by atoms with Gasteiger partial charge in [0.05, 0.1) is 6.54 Å². The quantitative estimate of drug-likeness (QED) is 0.509. The first-order valence-corrected chi connectivity index (χ1v) is 3.16. The molecule has 0 aliphatic heterocycles. The van der Waals surface area contributed by atoms with Crippen molar-refractivity contribution in [1.82, 2.24) is 10.6 Å². The molecule has 0 bridgehead atoms. The molecule has 10 heavy (non-hydrogen) atoms. The Bertz CT molecular complexity index is 137. The van der Waals surface area contributed by atoms with Crippen molar-refractivity contribution in [3.05, 3.63) is 0 Å². The van der Waals surface area contributed by atoms with Crippen molar-refractivity contribution >= 4 is 5.91 Å². The lowest BCUT2D eigenvalue weighted by molar-refractivity contribution is -0.120. The molecule has 56 valence electrons. The largest absolute Gasteiger partial charge is 0.345 e. The van der Waals surface area contributed by atoms with E-state index in [4.69, 9.17) is 6.42 Å². The zero-order chi connectivity index (χ0) is 7.82. The van der Waals surface area contributed by atoms with Gasteiger partial charge >= 0.3 is 0 Å². The predicted octanol–water partition coefficient (Wildman–Crippen LogP) is -0.655. The maximum atomic E-state index is 10.7. The number of hydrogen-bond acceptors (Lipinski definition) is 2. The lowest BCUT2D eigenvalue weighted by Crippen LogP contribution is -2.26. The Morgan fingerprint density at radius 2 is 2.40 bits per heavy atom. The minimum atomic E-state index is -0.00713. The van der Waals surface area contributed by atoms with Gasteiger partial charge in [0.1, 0.15) is 0 Å². The van der Waals surface area contributed by atoms with E-state index in [1.807, 2.05) is 0 Å². The molecule has 0 saturated heterocycles. The third-order valence-electron chi connectivity index (χ3n) is 0.990. The summed E-state index contributed by atoms with van der Waals surface area (Å²) < 4.78 is 0. The van der Waals surface area contributed by atoms with Crippen LogP contribution in [0.5, 0.6) is 0 Å². The Labute approximate surface area is 61.2 Å². The Morgan fingerprint density at radius 1 is 1.70 bits per heavy atom. The molecule has 0 aromatic heterocycles. The summed E-state index contributed by atoms with van der Waals surface area (Å²) in [4.78, 5) is 10.7. The number of terminal acetylenes is 1. The van der Waals surface area contributed by atoms with E-state index in [-0.39, 0.29) is 5.91 Å². The second-order valence-electron chi connectivity index (χ2n) is 1.83. The molecule has 0 fully saturated rings. The van der Waals surface area contributed by atoms with E-state index in [0.29, 0.717) is 19.5 Å². The van der Waals surface area contributed by atoms with Crippen LogP contribution in [0.1, 0.15) is 6.42 Å². The molecule has 0 saturated carbocycles. The van der Waals surface area contributed by atoms with Crippen LogP contribution in [0.15, 0.2) is 0 Å². The summed E-state index contributed by atoms with van der Waals surface area (Å²) in [6, 6.07) is 0. The van der Waals surface area contributed by atoms with E-state index in [0.717, 1.165) is 0 Å². The molecule has 0 aliphatic rings. The van der Waals surface area contributed by atoms with E-state index in [1.54, 1.807) is 7.05 Å². The molecule has 0 heterocycles. The number of nitrogens with one attached hydrogen (secondary N) is 2. The maximum Gasteiger partial charge on any atom is 0.222 e. The van der Waals surface area contributed by atoms with Crippen molar-refractivity contribution in [3.8, 4) is 12.3 Å². The highest BCUT2D eigenvalue weighted by Crippen LogP contribution is 1.73. The van der Waals surface area contributed by atoms with Gasteiger partial charge in [0.2, 0.25) is 5.91 Å². The van der Waals surface area contributed by atoms with E-state index in [1.165, 1.54) is 0 Å². The smallest absolute Gasteiger partial charge is 0.222 e. The highest BCUT2D eigenvalue weighted by atomic mass is 16.1. The van der Waals surface area contributed by atoms with Crippen molar-refractivity contribution in [1.29, 1.82) is 0 Å². The summed E-state index contributed by atoms with van der Waals surface area (Å²) in [6.07, 6.45) is 5.41. The molecule has 0 atom stereocenters. The van der Waals surface area contributed by atoms with Crippen LogP contribution in [0.2, 0.25) is 0 Å². The molecule has 3 nitrogen and oxygen atoms in total. The molecular weight excluding hydrogens is 128 g/mol. The van der Waals surface area contributed by atoms with Crippen molar-refractivity contribution in [3.63, 3.8) is 0 Å². The highest BCUT2D eigenvalue weighted by Gasteiger charge is 1.95. The Hall–Kier alpha value is -1.01. The Kier molecular flexibility index (Phi) is 5.50. The van der Waals surface area contributed by atoms with Gasteiger partial charge in [-0.2, -0.15) is 0 Å². The van der Waals surface area contributed by atoms with E-state index < -0.39 is 0 Å². The molecule has 2 N–H and O–H groups in total. The van der Waals surface area contributed by atoms with Crippen molar-refractivity contribution in [2.75, 3.05) is 20.1 Å². The van der Waals surface area contributed by atoms with Gasteiger partial charge in [-0.1, -0.05) is 5.92 Å². The van der Waals surface area contributed by atoms with Gasteiger partial charge in [-0.05, 0) is 7.05 Å². The fraction of sp³-hybridized carbons (Fsp3) is 0.571. The average molecular weight is 140 g/mol. The van der Waals surface area contributed by atoms with Gasteiger partial charge < -0.3 is 10.6 Å². The predicted molar refractivity (Wildman–Crippen MR) is 40.4 cm³/mol. The zero-order valence-electron chi connectivity index (χ0n) is 6.11. The number of hydrogen-bond donors (Lipinski definition) is 2. The van der Waals surface area contributed by atoms with E-state index >= 15 is 0 Å². The first-order chi connectivity index (χ1) is 4.81. The summed E-state index contributed by atoms with van der Waals surface area (Å²) in [7, 11) is 1.80. The van der Waals surface area contributed by atoms with Crippen LogP contribution in [0.4, 0.5) is 0 Å². The summed E-state index contributed by atoms with van der Waals surface area (Å²) in [5.74, 6) is 2.32. The molecule has 0 radical (unpaired) electrons. The van der Waals surface area contributed by atoms with Crippen LogP contribution in [0.3, 0.4) is 0 Å². The molecular formula is C7H12N2O. The van der Waals surface area contributed by atoms with Crippen LogP contribution in [0, 0.1) is 12.3 Å². The van der Waals surface area contributed by atoms with Crippen LogP contribution < -0.4 is 10.6 Å². The summed E-state index contributed by atoms with van der Waals surface area (Å²) in [6.45, 7) is 1.01. The van der Waals surface area contributed by atoms with Gasteiger partial charge in [0.25, 0.3) is 0 Å². The molecule has 1 amide bonds. The van der Waals surface area contributed by atoms with Gasteiger partial charge in [-0.15, -0.1) is 6.42 Å².